The molecule has 1 aromatic heterocycles. The molecule has 4 heteroatoms. The van der Waals surface area contributed by atoms with Gasteiger partial charge in [0.25, 0.3) is 0 Å². The van der Waals surface area contributed by atoms with E-state index < -0.39 is 0 Å². The molecule has 2 nitrogen and oxygen atoms in total. The maximum atomic E-state index is 11.0. The maximum absolute atomic E-state index is 11.0. The van der Waals surface area contributed by atoms with Gasteiger partial charge in [-0.25, -0.2) is 0 Å². The van der Waals surface area contributed by atoms with E-state index in [1.165, 1.54) is 0 Å². The molecule has 0 aliphatic rings. The predicted octanol–water partition coefficient (Wildman–Crippen LogP) is 2.07. The van der Waals surface area contributed by atoms with Gasteiger partial charge in [-0.15, -0.1) is 22.9 Å². The van der Waals surface area contributed by atoms with Gasteiger partial charge in [-0.2, -0.15) is 0 Å². The van der Waals surface area contributed by atoms with Crippen LogP contribution in [0.4, 0.5) is 0 Å². The van der Waals surface area contributed by atoms with Crippen molar-refractivity contribution in [2.24, 2.45) is 0 Å². The molecule has 0 N–H and O–H groups in total. The van der Waals surface area contributed by atoms with E-state index in [9.17, 15) is 4.79 Å². The number of alkyl halides is 1. The summed E-state index contributed by atoms with van der Waals surface area (Å²) in [7, 11) is 0. The van der Waals surface area contributed by atoms with E-state index in [0.717, 1.165) is 4.88 Å². The van der Waals surface area contributed by atoms with Crippen molar-refractivity contribution < 1.29 is 9.53 Å². The lowest BCUT2D eigenvalue weighted by molar-refractivity contribution is -0.142. The molecular weight excluding hydrogens is 196 g/mol. The summed E-state index contributed by atoms with van der Waals surface area (Å²) in [5.41, 5.74) is 0. The highest BCUT2D eigenvalue weighted by molar-refractivity contribution is 7.10. The van der Waals surface area contributed by atoms with Crippen LogP contribution in [0.15, 0.2) is 17.5 Å². The van der Waals surface area contributed by atoms with E-state index >= 15 is 0 Å². The summed E-state index contributed by atoms with van der Waals surface area (Å²) < 4.78 is 4.80. The van der Waals surface area contributed by atoms with Crippen LogP contribution < -0.4 is 0 Å². The summed E-state index contributed by atoms with van der Waals surface area (Å²) in [6, 6.07) is 3.82. The molecule has 0 bridgehead atoms. The molecule has 1 heterocycles. The number of hydrogen-bond acceptors (Lipinski definition) is 3. The summed E-state index contributed by atoms with van der Waals surface area (Å²) in [5.74, 6) is 0.147. The number of halogens is 1. The van der Waals surface area contributed by atoms with E-state index in [1.807, 2.05) is 17.5 Å². The third-order valence-corrected chi connectivity index (χ3v) is 2.27. The Hall–Kier alpha value is -0.540. The van der Waals surface area contributed by atoms with E-state index in [-0.39, 0.29) is 5.97 Å². The molecule has 0 atom stereocenters. The minimum absolute atomic E-state index is 0.210. The fourth-order valence-electron chi connectivity index (χ4n) is 0.759. The van der Waals surface area contributed by atoms with Crippen LogP contribution in [0.2, 0.25) is 0 Å². The van der Waals surface area contributed by atoms with Crippen molar-refractivity contribution >= 4 is 28.9 Å². The van der Waals surface area contributed by atoms with Gasteiger partial charge in [0.2, 0.25) is 0 Å². The molecular formula is C8H9ClO2S. The van der Waals surface area contributed by atoms with Crippen molar-refractivity contribution in [2.75, 3.05) is 12.5 Å². The first kappa shape index (κ1) is 9.55. The van der Waals surface area contributed by atoms with Gasteiger partial charge in [0.1, 0.15) is 6.61 Å². The smallest absolute Gasteiger partial charge is 0.311 e. The van der Waals surface area contributed by atoms with Gasteiger partial charge in [-0.1, -0.05) is 6.07 Å². The second kappa shape index (κ2) is 5.17. The Kier molecular flexibility index (Phi) is 4.11. The Morgan fingerprint density at radius 2 is 2.50 bits per heavy atom. The van der Waals surface area contributed by atoms with Crippen LogP contribution in [0.5, 0.6) is 0 Å². The molecule has 0 radical (unpaired) electrons. The molecule has 0 saturated heterocycles. The van der Waals surface area contributed by atoms with E-state index in [4.69, 9.17) is 16.3 Å². The zero-order valence-electron chi connectivity index (χ0n) is 6.46. The number of esters is 1. The van der Waals surface area contributed by atoms with Gasteiger partial charge >= 0.3 is 5.97 Å². The Morgan fingerprint density at radius 1 is 1.67 bits per heavy atom. The van der Waals surface area contributed by atoms with Gasteiger partial charge in [0.05, 0.1) is 12.3 Å². The van der Waals surface area contributed by atoms with Gasteiger partial charge in [-0.3, -0.25) is 4.79 Å². The number of thiophene rings is 1. The summed E-state index contributed by atoms with van der Waals surface area (Å²) in [4.78, 5) is 12.0. The molecule has 1 aromatic rings. The third-order valence-electron chi connectivity index (χ3n) is 1.24. The van der Waals surface area contributed by atoms with E-state index in [2.05, 4.69) is 0 Å². The molecule has 0 aliphatic heterocycles. The van der Waals surface area contributed by atoms with Gasteiger partial charge in [-0.05, 0) is 11.4 Å². The highest BCUT2D eigenvalue weighted by Crippen LogP contribution is 2.09. The number of carbonyl (C=O) groups excluding carboxylic acids is 1. The van der Waals surface area contributed by atoms with Crippen LogP contribution in [-0.4, -0.2) is 18.5 Å². The first-order valence-electron chi connectivity index (χ1n) is 3.57. The minimum atomic E-state index is -0.210. The quantitative estimate of drug-likeness (QED) is 0.555. The molecule has 0 aromatic carbocycles. The van der Waals surface area contributed by atoms with Crippen LogP contribution in [0.3, 0.4) is 0 Å². The largest absolute Gasteiger partial charge is 0.464 e. The average molecular weight is 205 g/mol. The second-order valence-electron chi connectivity index (χ2n) is 2.17. The van der Waals surface area contributed by atoms with Crippen molar-refractivity contribution in [1.82, 2.24) is 0 Å². The third kappa shape index (κ3) is 3.24. The van der Waals surface area contributed by atoms with Gasteiger partial charge in [0.15, 0.2) is 0 Å². The van der Waals surface area contributed by atoms with Crippen molar-refractivity contribution in [3.63, 3.8) is 0 Å². The average Bonchev–Trinajstić information content (AvgIpc) is 2.53. The fraction of sp³-hybridized carbons (Fsp3) is 0.375. The van der Waals surface area contributed by atoms with E-state index in [1.54, 1.807) is 11.3 Å². The topological polar surface area (TPSA) is 26.3 Å². The molecule has 66 valence electrons. The SMILES string of the molecule is O=C(Cc1cccs1)OCCCl. The molecule has 0 unspecified atom stereocenters. The first-order valence-corrected chi connectivity index (χ1v) is 4.98. The monoisotopic (exact) mass is 204 g/mol. The highest BCUT2D eigenvalue weighted by atomic mass is 35.5. The predicted molar refractivity (Wildman–Crippen MR) is 49.7 cm³/mol. The summed E-state index contributed by atoms with van der Waals surface area (Å²) in [5, 5.41) is 1.93. The van der Waals surface area contributed by atoms with Crippen molar-refractivity contribution in [3.8, 4) is 0 Å². The van der Waals surface area contributed by atoms with Crippen LogP contribution >= 0.6 is 22.9 Å². The van der Waals surface area contributed by atoms with Crippen molar-refractivity contribution in [2.45, 2.75) is 6.42 Å². The molecule has 0 fully saturated rings. The molecule has 0 saturated carbocycles. The molecule has 0 amide bonds. The second-order valence-corrected chi connectivity index (χ2v) is 3.58. The Balaban J connectivity index is 2.27. The first-order chi connectivity index (χ1) is 5.83. The zero-order chi connectivity index (χ0) is 8.81. The summed E-state index contributed by atoms with van der Waals surface area (Å²) >= 11 is 6.90. The zero-order valence-corrected chi connectivity index (χ0v) is 8.03. The van der Waals surface area contributed by atoms with Crippen molar-refractivity contribution in [3.05, 3.63) is 22.4 Å². The van der Waals surface area contributed by atoms with Crippen LogP contribution in [0.25, 0.3) is 0 Å². The minimum Gasteiger partial charge on any atom is -0.464 e. The van der Waals surface area contributed by atoms with Crippen LogP contribution in [0, 0.1) is 0 Å². The Labute approximate surface area is 80.1 Å². The normalized spacial score (nSPS) is 9.75. The number of ether oxygens (including phenoxy) is 1. The molecule has 0 aliphatic carbocycles. The van der Waals surface area contributed by atoms with Crippen LogP contribution in [-0.2, 0) is 16.0 Å². The van der Waals surface area contributed by atoms with E-state index in [0.29, 0.717) is 18.9 Å². The lowest BCUT2D eigenvalue weighted by atomic mass is 10.3. The molecule has 1 rings (SSSR count). The van der Waals surface area contributed by atoms with Crippen LogP contribution in [0.1, 0.15) is 4.88 Å². The van der Waals surface area contributed by atoms with Gasteiger partial charge < -0.3 is 4.74 Å². The number of carbonyl (C=O) groups is 1. The number of rotatable bonds is 4. The Morgan fingerprint density at radius 3 is 3.08 bits per heavy atom. The fourth-order valence-corrected chi connectivity index (χ4v) is 1.53. The highest BCUT2D eigenvalue weighted by Gasteiger charge is 2.04. The standard InChI is InChI=1S/C8H9ClO2S/c9-3-4-11-8(10)6-7-2-1-5-12-7/h1-2,5H,3-4,6H2. The Bertz CT molecular complexity index is 233. The summed E-state index contributed by atoms with van der Waals surface area (Å²) in [6.07, 6.45) is 0.356. The lowest BCUT2D eigenvalue weighted by Crippen LogP contribution is -2.08. The molecule has 12 heavy (non-hydrogen) atoms. The van der Waals surface area contributed by atoms with Crippen molar-refractivity contribution in [1.29, 1.82) is 0 Å². The summed E-state index contributed by atoms with van der Waals surface area (Å²) in [6.45, 7) is 0.297. The van der Waals surface area contributed by atoms with Gasteiger partial charge in [0, 0.05) is 4.88 Å². The molecule has 0 spiro atoms. The lowest BCUT2D eigenvalue weighted by Gasteiger charge is -1.99. The maximum Gasteiger partial charge on any atom is 0.311 e. The number of hydrogen-bond donors (Lipinski definition) is 0.